The number of rotatable bonds is 24. The molecule has 0 unspecified atom stereocenters. The van der Waals surface area contributed by atoms with Gasteiger partial charge in [0.05, 0.1) is 90.2 Å². The number of carbonyl (C=O) groups is 4. The smallest absolute Gasteiger partial charge is 0.229 e. The van der Waals surface area contributed by atoms with E-state index < -0.39 is 5.41 Å². The van der Waals surface area contributed by atoms with E-state index >= 15 is 0 Å². The van der Waals surface area contributed by atoms with Crippen LogP contribution in [0, 0.1) is 5.41 Å². The van der Waals surface area contributed by atoms with Gasteiger partial charge in [-0.25, -0.2) is 5.10 Å². The second kappa shape index (κ2) is 19.8. The summed E-state index contributed by atoms with van der Waals surface area (Å²) >= 11 is 0. The quantitative estimate of drug-likeness (QED) is 0.0393. The molecule has 0 saturated heterocycles. The number of nitrogens with one attached hydrogen (secondary N) is 8. The van der Waals surface area contributed by atoms with Crippen molar-refractivity contribution in [1.29, 1.82) is 0 Å². The molecular weight excluding hydrogens is 652 g/mol. The lowest BCUT2D eigenvalue weighted by Crippen LogP contribution is -2.42. The Bertz CT molecular complexity index is 1290. The lowest BCUT2D eigenvalue weighted by atomic mass is 9.92. The Morgan fingerprint density at radius 3 is 1.22 bits per heavy atom. The molecule has 4 rings (SSSR count). The fourth-order valence-electron chi connectivity index (χ4n) is 3.92. The van der Waals surface area contributed by atoms with Crippen molar-refractivity contribution in [2.75, 3.05) is 74.1 Å². The van der Waals surface area contributed by atoms with Crippen molar-refractivity contribution in [3.05, 3.63) is 25.2 Å². The average molecular weight is 689 g/mol. The van der Waals surface area contributed by atoms with Crippen LogP contribution in [0.2, 0.25) is 0 Å². The van der Waals surface area contributed by atoms with Gasteiger partial charge in [0.2, 0.25) is 41.5 Å². The summed E-state index contributed by atoms with van der Waals surface area (Å²) in [6.45, 7) is 0.0263. The summed E-state index contributed by atoms with van der Waals surface area (Å²) in [4.78, 5) is 57.2. The van der Waals surface area contributed by atoms with Crippen LogP contribution in [0.25, 0.3) is 0 Å². The standard InChI is InChI=1S/C25H36N16O8/c42-18(33-17-9-29-41-37-17)1-5-46-10-25(11-47-6-2-19(43)34-22-26-14-30-38-22,12-48-7-3-20(44)35-23-27-15-31-39-23)13-49-8-4-21(45)36-24-28-16-32-40-24/h9,14-16H,1-8,10-13H2,(H2,26,30,34,38,43)(H2,27,31,35,39,44)(H2,28,32,36,40,45)(H2,29,33,37,41,42). The van der Waals surface area contributed by atoms with Gasteiger partial charge in [-0.2, -0.15) is 0 Å². The number of anilines is 4. The Labute approximate surface area is 277 Å². The maximum atomic E-state index is 12.3. The van der Waals surface area contributed by atoms with E-state index in [0.717, 1.165) is 0 Å². The predicted octanol–water partition coefficient (Wildman–Crippen LogP) is -1.37. The van der Waals surface area contributed by atoms with Gasteiger partial charge in [0, 0.05) is 0 Å². The summed E-state index contributed by atoms with van der Waals surface area (Å²) in [5, 5.41) is 41.9. The SMILES string of the molecule is O=C(CCOCC(COCCC(=O)Nc1nnc[nH]1)(COCCC(=O)Nc1nnc[nH]1)COCCC(=O)Nc1nnc[nH]1)Nc1cnn[nH]1. The van der Waals surface area contributed by atoms with Crippen molar-refractivity contribution in [2.45, 2.75) is 25.7 Å². The first-order valence-electron chi connectivity index (χ1n) is 14.8. The molecular formula is C25H36N16O8. The van der Waals surface area contributed by atoms with Crippen LogP contribution in [0.4, 0.5) is 23.7 Å². The van der Waals surface area contributed by atoms with Crippen LogP contribution in [-0.2, 0) is 38.1 Å². The molecule has 0 aromatic carbocycles. The summed E-state index contributed by atoms with van der Waals surface area (Å²) in [6.07, 6.45) is 5.32. The molecule has 4 heterocycles. The van der Waals surface area contributed by atoms with E-state index in [1.54, 1.807) is 0 Å². The van der Waals surface area contributed by atoms with Gasteiger partial charge in [-0.1, -0.05) is 5.21 Å². The third kappa shape index (κ3) is 13.9. The first-order chi connectivity index (χ1) is 23.9. The molecule has 0 atom stereocenters. The van der Waals surface area contributed by atoms with E-state index in [1.807, 2.05) is 0 Å². The van der Waals surface area contributed by atoms with E-state index in [9.17, 15) is 19.2 Å². The second-order valence-electron chi connectivity index (χ2n) is 10.3. The van der Waals surface area contributed by atoms with Gasteiger partial charge in [0.15, 0.2) is 0 Å². The van der Waals surface area contributed by atoms with E-state index in [1.165, 1.54) is 25.2 Å². The molecule has 0 aliphatic rings. The zero-order valence-corrected chi connectivity index (χ0v) is 26.1. The first-order valence-corrected chi connectivity index (χ1v) is 14.8. The number of aromatic nitrogens is 12. The topological polar surface area (TPSA) is 320 Å². The van der Waals surface area contributed by atoms with E-state index in [2.05, 4.69) is 82.2 Å². The molecule has 4 amide bonds. The molecule has 0 radical (unpaired) electrons. The summed E-state index contributed by atoms with van der Waals surface area (Å²) in [5.74, 6) is -0.498. The Balaban J connectivity index is 1.33. The number of carbonyl (C=O) groups excluding carboxylic acids is 4. The summed E-state index contributed by atoms with van der Waals surface area (Å²) in [7, 11) is 0. The lowest BCUT2D eigenvalue weighted by molar-refractivity contribution is -0.125. The Morgan fingerprint density at radius 2 is 0.918 bits per heavy atom. The van der Waals surface area contributed by atoms with Gasteiger partial charge in [-0.15, -0.1) is 35.7 Å². The molecule has 0 saturated carbocycles. The molecule has 24 nitrogen and oxygen atoms in total. The summed E-state index contributed by atoms with van der Waals surface area (Å²) in [5.41, 5.74) is -0.992. The van der Waals surface area contributed by atoms with Crippen LogP contribution >= 0.6 is 0 Å². The minimum absolute atomic E-state index is 0.00307. The summed E-state index contributed by atoms with van der Waals surface area (Å²) in [6, 6.07) is 0. The molecule has 0 aliphatic carbocycles. The van der Waals surface area contributed by atoms with E-state index in [0.29, 0.717) is 5.82 Å². The van der Waals surface area contributed by atoms with Crippen molar-refractivity contribution >= 4 is 47.3 Å². The fourth-order valence-corrected chi connectivity index (χ4v) is 3.92. The van der Waals surface area contributed by atoms with Crippen molar-refractivity contribution in [2.24, 2.45) is 5.41 Å². The van der Waals surface area contributed by atoms with Crippen molar-refractivity contribution in [3.63, 3.8) is 0 Å². The first kappa shape index (κ1) is 36.1. The van der Waals surface area contributed by atoms with Gasteiger partial charge in [0.1, 0.15) is 24.8 Å². The molecule has 0 spiro atoms. The minimum Gasteiger partial charge on any atom is -0.380 e. The second-order valence-corrected chi connectivity index (χ2v) is 10.3. The molecule has 264 valence electrons. The maximum absolute atomic E-state index is 12.3. The molecule has 4 aromatic rings. The van der Waals surface area contributed by atoms with Crippen molar-refractivity contribution in [1.82, 2.24) is 61.0 Å². The van der Waals surface area contributed by atoms with Gasteiger partial charge >= 0.3 is 0 Å². The predicted molar refractivity (Wildman–Crippen MR) is 164 cm³/mol. The summed E-state index contributed by atoms with van der Waals surface area (Å²) < 4.78 is 23.6. The Kier molecular flexibility index (Phi) is 14.6. The number of hydrogen-bond acceptors (Lipinski definition) is 16. The van der Waals surface area contributed by atoms with Crippen LogP contribution in [-0.4, -0.2) is 137 Å². The number of nitrogens with zero attached hydrogens (tertiary/aromatic N) is 8. The normalized spacial score (nSPS) is 11.3. The molecule has 49 heavy (non-hydrogen) atoms. The highest BCUT2D eigenvalue weighted by atomic mass is 16.5. The average Bonchev–Trinajstić information content (AvgIpc) is 3.92. The zero-order chi connectivity index (χ0) is 34.6. The lowest BCUT2D eigenvalue weighted by Gasteiger charge is -2.33. The van der Waals surface area contributed by atoms with Gasteiger partial charge in [-0.3, -0.25) is 35.1 Å². The van der Waals surface area contributed by atoms with Crippen LogP contribution in [0.3, 0.4) is 0 Å². The van der Waals surface area contributed by atoms with Crippen molar-refractivity contribution < 1.29 is 38.1 Å². The highest BCUT2D eigenvalue weighted by molar-refractivity contribution is 5.90. The zero-order valence-electron chi connectivity index (χ0n) is 26.1. The Hall–Kier alpha value is -5.72. The molecule has 0 aliphatic heterocycles. The number of H-pyrrole nitrogens is 4. The largest absolute Gasteiger partial charge is 0.380 e. The van der Waals surface area contributed by atoms with Gasteiger partial charge in [-0.05, 0) is 0 Å². The number of amides is 4. The van der Waals surface area contributed by atoms with Gasteiger partial charge < -0.3 is 39.2 Å². The number of aromatic amines is 4. The van der Waals surface area contributed by atoms with Crippen LogP contribution < -0.4 is 21.3 Å². The van der Waals surface area contributed by atoms with Gasteiger partial charge in [0.25, 0.3) is 0 Å². The number of hydrogen-bond donors (Lipinski definition) is 8. The Morgan fingerprint density at radius 1 is 0.551 bits per heavy atom. The molecule has 0 bridgehead atoms. The third-order valence-electron chi connectivity index (χ3n) is 6.24. The van der Waals surface area contributed by atoms with Crippen molar-refractivity contribution in [3.8, 4) is 0 Å². The third-order valence-corrected chi connectivity index (χ3v) is 6.24. The molecule has 8 N–H and O–H groups in total. The highest BCUT2D eigenvalue weighted by Crippen LogP contribution is 2.22. The highest BCUT2D eigenvalue weighted by Gasteiger charge is 2.33. The number of ether oxygens (including phenoxy) is 4. The van der Waals surface area contributed by atoms with Crippen LogP contribution in [0.5, 0.6) is 0 Å². The van der Waals surface area contributed by atoms with Crippen LogP contribution in [0.1, 0.15) is 25.7 Å². The van der Waals surface area contributed by atoms with Crippen LogP contribution in [0.15, 0.2) is 25.2 Å². The monoisotopic (exact) mass is 688 g/mol. The fraction of sp³-hybridized carbons (Fsp3) is 0.520. The van der Waals surface area contributed by atoms with E-state index in [4.69, 9.17) is 18.9 Å². The molecule has 0 fully saturated rings. The van der Waals surface area contributed by atoms with E-state index in [-0.39, 0.29) is 120 Å². The minimum atomic E-state index is -0.992. The molecule has 24 heteroatoms. The maximum Gasteiger partial charge on any atom is 0.229 e. The molecule has 4 aromatic heterocycles.